The number of amides is 1. The van der Waals surface area contributed by atoms with Crippen LogP contribution < -0.4 is 0 Å². The number of carboxylic acids is 1. The van der Waals surface area contributed by atoms with Crippen molar-refractivity contribution in [3.63, 3.8) is 0 Å². The maximum absolute atomic E-state index is 12.3. The first-order valence-corrected chi connectivity index (χ1v) is 6.37. The number of aliphatic carboxylic acids is 1. The van der Waals surface area contributed by atoms with Crippen LogP contribution in [0.25, 0.3) is 11.3 Å². The van der Waals surface area contributed by atoms with E-state index in [0.717, 1.165) is 10.5 Å². The summed E-state index contributed by atoms with van der Waals surface area (Å²) < 4.78 is 5.04. The number of carbonyl (C=O) groups excluding carboxylic acids is 1. The first kappa shape index (κ1) is 14.8. The van der Waals surface area contributed by atoms with Crippen molar-refractivity contribution in [1.29, 1.82) is 0 Å². The van der Waals surface area contributed by atoms with Gasteiger partial charge in [-0.25, -0.2) is 4.79 Å². The molecule has 0 spiro atoms. The molecule has 1 aromatic heterocycles. The van der Waals surface area contributed by atoms with Crippen LogP contribution in [0.1, 0.15) is 24.4 Å². The molecule has 0 unspecified atom stereocenters. The number of hydrogen-bond acceptors (Lipinski definition) is 4. The van der Waals surface area contributed by atoms with Gasteiger partial charge in [-0.3, -0.25) is 4.79 Å². The van der Waals surface area contributed by atoms with Gasteiger partial charge in [0.05, 0.1) is 0 Å². The van der Waals surface area contributed by atoms with E-state index >= 15 is 0 Å². The molecule has 6 nitrogen and oxygen atoms in total. The second-order valence-corrected chi connectivity index (χ2v) is 5.17. The molecule has 1 N–H and O–H groups in total. The van der Waals surface area contributed by atoms with Gasteiger partial charge in [0.15, 0.2) is 0 Å². The standard InChI is InChI=1S/C15H16N2O4/c1-15(2,14(19)20)17(3)13(18)12-9-11(16-21-12)10-7-5-4-6-8-10/h4-9H,1-3H3,(H,19,20). The van der Waals surface area contributed by atoms with Crippen LogP contribution >= 0.6 is 0 Å². The van der Waals surface area contributed by atoms with Crippen LogP contribution in [0.15, 0.2) is 40.9 Å². The molecule has 1 amide bonds. The molecule has 2 aromatic rings. The van der Waals surface area contributed by atoms with E-state index in [1.807, 2.05) is 30.3 Å². The quantitative estimate of drug-likeness (QED) is 0.933. The van der Waals surface area contributed by atoms with Gasteiger partial charge in [0.2, 0.25) is 5.76 Å². The molecule has 0 atom stereocenters. The Hall–Kier alpha value is -2.63. The average molecular weight is 288 g/mol. The Kier molecular flexibility index (Phi) is 3.80. The molecule has 0 bridgehead atoms. The lowest BCUT2D eigenvalue weighted by Gasteiger charge is -2.30. The molecule has 0 aliphatic heterocycles. The molecular weight excluding hydrogens is 272 g/mol. The molecule has 1 heterocycles. The zero-order valence-electron chi connectivity index (χ0n) is 12.0. The zero-order valence-corrected chi connectivity index (χ0v) is 12.0. The molecule has 0 fully saturated rings. The average Bonchev–Trinajstić information content (AvgIpc) is 2.96. The smallest absolute Gasteiger partial charge is 0.329 e. The Balaban J connectivity index is 2.26. The molecule has 2 rings (SSSR count). The van der Waals surface area contributed by atoms with Crippen molar-refractivity contribution in [1.82, 2.24) is 10.1 Å². The molecule has 1 aromatic carbocycles. The molecule has 0 saturated heterocycles. The molecule has 0 saturated carbocycles. The van der Waals surface area contributed by atoms with E-state index in [4.69, 9.17) is 9.63 Å². The predicted octanol–water partition coefficient (Wildman–Crippen LogP) is 2.28. The van der Waals surface area contributed by atoms with E-state index in [0.29, 0.717) is 5.69 Å². The summed E-state index contributed by atoms with van der Waals surface area (Å²) in [5, 5.41) is 13.0. The summed E-state index contributed by atoms with van der Waals surface area (Å²) in [6.45, 7) is 2.89. The van der Waals surface area contributed by atoms with Crippen molar-refractivity contribution in [3.05, 3.63) is 42.2 Å². The van der Waals surface area contributed by atoms with Crippen LogP contribution in [0.5, 0.6) is 0 Å². The highest BCUT2D eigenvalue weighted by atomic mass is 16.5. The summed E-state index contributed by atoms with van der Waals surface area (Å²) in [4.78, 5) is 24.6. The summed E-state index contributed by atoms with van der Waals surface area (Å²) in [6.07, 6.45) is 0. The molecule has 0 aliphatic rings. The third kappa shape index (κ3) is 2.79. The van der Waals surface area contributed by atoms with Crippen LogP contribution in [0.3, 0.4) is 0 Å². The van der Waals surface area contributed by atoms with E-state index < -0.39 is 17.4 Å². The van der Waals surface area contributed by atoms with Crippen molar-refractivity contribution < 1.29 is 19.2 Å². The number of likely N-dealkylation sites (N-methyl/N-ethyl adjacent to an activating group) is 1. The summed E-state index contributed by atoms with van der Waals surface area (Å²) >= 11 is 0. The maximum Gasteiger partial charge on any atom is 0.329 e. The van der Waals surface area contributed by atoms with Gasteiger partial charge in [-0.15, -0.1) is 0 Å². The third-order valence-corrected chi connectivity index (χ3v) is 3.46. The van der Waals surface area contributed by atoms with E-state index in [2.05, 4.69) is 5.16 Å². The number of rotatable bonds is 4. The molecular formula is C15H16N2O4. The van der Waals surface area contributed by atoms with Crippen LogP contribution in [-0.2, 0) is 4.79 Å². The fraction of sp³-hybridized carbons (Fsp3) is 0.267. The SMILES string of the molecule is CN(C(=O)c1cc(-c2ccccc2)no1)C(C)(C)C(=O)O. The number of carbonyl (C=O) groups is 2. The maximum atomic E-state index is 12.3. The van der Waals surface area contributed by atoms with Crippen molar-refractivity contribution in [2.24, 2.45) is 0 Å². The lowest BCUT2D eigenvalue weighted by atomic mass is 10.0. The van der Waals surface area contributed by atoms with Gasteiger partial charge in [-0.05, 0) is 13.8 Å². The predicted molar refractivity (Wildman–Crippen MR) is 75.7 cm³/mol. The highest BCUT2D eigenvalue weighted by Crippen LogP contribution is 2.21. The van der Waals surface area contributed by atoms with Crippen LogP contribution in [0, 0.1) is 0 Å². The van der Waals surface area contributed by atoms with E-state index in [-0.39, 0.29) is 5.76 Å². The van der Waals surface area contributed by atoms with Gasteiger partial charge in [-0.2, -0.15) is 0 Å². The minimum atomic E-state index is -1.34. The fourth-order valence-corrected chi connectivity index (χ4v) is 1.68. The Morgan fingerprint density at radius 2 is 1.86 bits per heavy atom. The van der Waals surface area contributed by atoms with Gasteiger partial charge in [0, 0.05) is 18.7 Å². The summed E-state index contributed by atoms with van der Waals surface area (Å²) in [6, 6.07) is 10.8. The highest BCUT2D eigenvalue weighted by Gasteiger charge is 2.36. The fourth-order valence-electron chi connectivity index (χ4n) is 1.68. The van der Waals surface area contributed by atoms with Gasteiger partial charge >= 0.3 is 5.97 Å². The Labute approximate surface area is 122 Å². The molecule has 110 valence electrons. The zero-order chi connectivity index (χ0) is 15.6. The number of nitrogens with zero attached hydrogens (tertiary/aromatic N) is 2. The number of hydrogen-bond donors (Lipinski definition) is 1. The van der Waals surface area contributed by atoms with E-state index in [1.165, 1.54) is 27.0 Å². The molecule has 0 aliphatic carbocycles. The molecule has 0 radical (unpaired) electrons. The minimum absolute atomic E-state index is 0.00526. The number of benzene rings is 1. The number of aromatic nitrogens is 1. The Morgan fingerprint density at radius 1 is 1.24 bits per heavy atom. The van der Waals surface area contributed by atoms with Crippen LogP contribution in [0.2, 0.25) is 0 Å². The van der Waals surface area contributed by atoms with Crippen molar-refractivity contribution in [2.75, 3.05) is 7.05 Å². The first-order chi connectivity index (χ1) is 9.84. The first-order valence-electron chi connectivity index (χ1n) is 6.37. The van der Waals surface area contributed by atoms with Gasteiger partial charge in [0.25, 0.3) is 5.91 Å². The van der Waals surface area contributed by atoms with Crippen molar-refractivity contribution in [3.8, 4) is 11.3 Å². The van der Waals surface area contributed by atoms with Crippen molar-refractivity contribution in [2.45, 2.75) is 19.4 Å². The monoisotopic (exact) mass is 288 g/mol. The number of carboxylic acid groups (broad SMARTS) is 1. The van der Waals surface area contributed by atoms with Crippen molar-refractivity contribution >= 4 is 11.9 Å². The summed E-state index contributed by atoms with van der Waals surface area (Å²) in [5.74, 6) is -1.62. The third-order valence-electron chi connectivity index (χ3n) is 3.46. The molecule has 6 heteroatoms. The minimum Gasteiger partial charge on any atom is -0.480 e. The van der Waals surface area contributed by atoms with E-state index in [9.17, 15) is 9.59 Å². The van der Waals surface area contributed by atoms with Crippen LogP contribution in [0.4, 0.5) is 0 Å². The molecule has 21 heavy (non-hydrogen) atoms. The Morgan fingerprint density at radius 3 is 2.43 bits per heavy atom. The van der Waals surface area contributed by atoms with Gasteiger partial charge in [-0.1, -0.05) is 35.5 Å². The largest absolute Gasteiger partial charge is 0.480 e. The van der Waals surface area contributed by atoms with Gasteiger partial charge < -0.3 is 14.5 Å². The highest BCUT2D eigenvalue weighted by molar-refractivity contribution is 5.96. The lowest BCUT2D eigenvalue weighted by Crippen LogP contribution is -2.50. The lowest BCUT2D eigenvalue weighted by molar-refractivity contribution is -0.147. The van der Waals surface area contributed by atoms with Gasteiger partial charge in [0.1, 0.15) is 11.2 Å². The second kappa shape index (κ2) is 5.40. The summed E-state index contributed by atoms with van der Waals surface area (Å²) in [5.41, 5.74) is 0.0116. The van der Waals surface area contributed by atoms with Crippen LogP contribution in [-0.4, -0.2) is 39.6 Å². The second-order valence-electron chi connectivity index (χ2n) is 5.17. The Bertz CT molecular complexity index is 661. The van der Waals surface area contributed by atoms with E-state index in [1.54, 1.807) is 0 Å². The normalized spacial score (nSPS) is 11.2. The topological polar surface area (TPSA) is 83.6 Å². The summed E-state index contributed by atoms with van der Waals surface area (Å²) in [7, 11) is 1.42.